The van der Waals surface area contributed by atoms with Crippen LogP contribution >= 0.6 is 0 Å². The summed E-state index contributed by atoms with van der Waals surface area (Å²) in [6.45, 7) is 2.28. The van der Waals surface area contributed by atoms with Crippen LogP contribution in [0.1, 0.15) is 64.2 Å². The van der Waals surface area contributed by atoms with Gasteiger partial charge in [-0.3, -0.25) is 0 Å². The molecule has 4 bridgehead atoms. The maximum absolute atomic E-state index is 5.65. The Bertz CT molecular complexity index is 313. The molecule has 120 valence electrons. The number of rotatable bonds is 6. The molecule has 1 atom stereocenters. The molecule has 0 radical (unpaired) electrons. The molecule has 5 aliphatic rings. The molecular weight excluding hydrogens is 264 g/mol. The van der Waals surface area contributed by atoms with E-state index in [1.807, 2.05) is 0 Å². The molecule has 1 saturated heterocycles. The minimum absolute atomic E-state index is 0.262. The Kier molecular flexibility index (Phi) is 4.25. The smallest absolute Gasteiger partial charge is 0.108 e. The molecule has 0 aromatic heterocycles. The zero-order chi connectivity index (χ0) is 14.1. The van der Waals surface area contributed by atoms with Gasteiger partial charge >= 0.3 is 0 Å². The van der Waals surface area contributed by atoms with Gasteiger partial charge in [-0.15, -0.1) is 0 Å². The third-order valence-electron chi connectivity index (χ3n) is 6.49. The van der Waals surface area contributed by atoms with E-state index in [1.165, 1.54) is 57.8 Å². The fourth-order valence-electron chi connectivity index (χ4n) is 5.98. The van der Waals surface area contributed by atoms with Gasteiger partial charge in [0.25, 0.3) is 0 Å². The lowest BCUT2D eigenvalue weighted by atomic mass is 9.49. The van der Waals surface area contributed by atoms with Crippen LogP contribution in [0.4, 0.5) is 0 Å². The van der Waals surface area contributed by atoms with Gasteiger partial charge in [0.05, 0.1) is 12.7 Å². The van der Waals surface area contributed by atoms with Gasteiger partial charge in [-0.1, -0.05) is 0 Å². The van der Waals surface area contributed by atoms with Crippen LogP contribution in [0.25, 0.3) is 0 Å². The molecule has 4 saturated carbocycles. The first-order valence-electron chi connectivity index (χ1n) is 9.17. The summed E-state index contributed by atoms with van der Waals surface area (Å²) in [5.41, 5.74) is 0.611. The van der Waals surface area contributed by atoms with E-state index in [1.54, 1.807) is 0 Å². The Hall–Kier alpha value is -0.120. The first-order chi connectivity index (χ1) is 10.3. The van der Waals surface area contributed by atoms with Crippen LogP contribution < -0.4 is 0 Å². The summed E-state index contributed by atoms with van der Waals surface area (Å²) in [5, 5.41) is 0. The third-order valence-corrected chi connectivity index (χ3v) is 6.49. The zero-order valence-electron chi connectivity index (χ0n) is 13.2. The van der Waals surface area contributed by atoms with Crippen LogP contribution in [0.3, 0.4) is 0 Å². The van der Waals surface area contributed by atoms with E-state index in [0.29, 0.717) is 12.0 Å². The van der Waals surface area contributed by atoms with E-state index >= 15 is 0 Å². The third kappa shape index (κ3) is 3.30. The average Bonchev–Trinajstić information content (AvgIpc) is 2.46. The van der Waals surface area contributed by atoms with Crippen molar-refractivity contribution in [2.75, 3.05) is 19.8 Å². The van der Waals surface area contributed by atoms with Crippen molar-refractivity contribution in [1.82, 2.24) is 0 Å². The zero-order valence-corrected chi connectivity index (χ0v) is 13.2. The average molecular weight is 294 g/mol. The van der Waals surface area contributed by atoms with E-state index in [9.17, 15) is 0 Å². The van der Waals surface area contributed by atoms with Crippen LogP contribution in [-0.4, -0.2) is 25.9 Å². The maximum atomic E-state index is 5.65. The molecule has 0 N–H and O–H groups in total. The van der Waals surface area contributed by atoms with Gasteiger partial charge in [0.1, 0.15) is 6.61 Å². The normalized spacial score (nSPS) is 45.1. The van der Waals surface area contributed by atoms with Gasteiger partial charge in [-0.05, 0) is 87.4 Å². The van der Waals surface area contributed by atoms with Gasteiger partial charge in [0, 0.05) is 6.61 Å². The molecule has 5 fully saturated rings. The topological polar surface area (TPSA) is 27.7 Å². The van der Waals surface area contributed by atoms with Gasteiger partial charge in [0.15, 0.2) is 0 Å². The SMILES string of the molecule is C1CCC(COOCCC23CC4CC(CC(C4)C2)C3)OC1. The fourth-order valence-corrected chi connectivity index (χ4v) is 5.98. The summed E-state index contributed by atoms with van der Waals surface area (Å²) in [5.74, 6) is 3.11. The van der Waals surface area contributed by atoms with Gasteiger partial charge in [-0.2, -0.15) is 0 Å². The highest BCUT2D eigenvalue weighted by Crippen LogP contribution is 2.61. The van der Waals surface area contributed by atoms with E-state index in [0.717, 1.165) is 37.4 Å². The Morgan fingerprint density at radius 1 is 0.905 bits per heavy atom. The summed E-state index contributed by atoms with van der Waals surface area (Å²) >= 11 is 0. The molecule has 0 spiro atoms. The second-order valence-electron chi connectivity index (χ2n) is 8.26. The largest absolute Gasteiger partial charge is 0.376 e. The molecule has 21 heavy (non-hydrogen) atoms. The first-order valence-corrected chi connectivity index (χ1v) is 9.17. The van der Waals surface area contributed by atoms with Crippen molar-refractivity contribution in [3.05, 3.63) is 0 Å². The standard InChI is InChI=1S/C18H30O3/c1-2-5-19-17(3-1)13-21-20-6-4-18-10-14-7-15(11-18)9-16(8-14)12-18/h14-17H,1-13H2. The second kappa shape index (κ2) is 6.17. The van der Waals surface area contributed by atoms with Crippen molar-refractivity contribution in [3.8, 4) is 0 Å². The maximum Gasteiger partial charge on any atom is 0.108 e. The molecule has 3 nitrogen and oxygen atoms in total. The summed E-state index contributed by atoms with van der Waals surface area (Å²) in [4.78, 5) is 10.9. The van der Waals surface area contributed by atoms with Crippen molar-refractivity contribution in [1.29, 1.82) is 0 Å². The lowest BCUT2D eigenvalue weighted by molar-refractivity contribution is -0.313. The molecule has 1 aliphatic heterocycles. The Labute approximate surface area is 128 Å². The van der Waals surface area contributed by atoms with E-state index in [4.69, 9.17) is 14.5 Å². The van der Waals surface area contributed by atoms with Crippen molar-refractivity contribution < 1.29 is 14.5 Å². The lowest BCUT2D eigenvalue weighted by Gasteiger charge is -2.57. The highest BCUT2D eigenvalue weighted by atomic mass is 17.2. The number of ether oxygens (including phenoxy) is 1. The minimum Gasteiger partial charge on any atom is -0.376 e. The molecule has 0 amide bonds. The number of hydrogen-bond acceptors (Lipinski definition) is 3. The molecular formula is C18H30O3. The van der Waals surface area contributed by atoms with E-state index in [2.05, 4.69) is 0 Å². The monoisotopic (exact) mass is 294 g/mol. The Balaban J connectivity index is 1.17. The summed E-state index contributed by atoms with van der Waals surface area (Å²) < 4.78 is 5.65. The van der Waals surface area contributed by atoms with Crippen LogP contribution in [0.2, 0.25) is 0 Å². The summed E-state index contributed by atoms with van der Waals surface area (Å²) in [7, 11) is 0. The second-order valence-corrected chi connectivity index (χ2v) is 8.26. The van der Waals surface area contributed by atoms with E-state index < -0.39 is 0 Å². The van der Waals surface area contributed by atoms with Gasteiger partial charge < -0.3 is 4.74 Å². The van der Waals surface area contributed by atoms with E-state index in [-0.39, 0.29) is 6.10 Å². The van der Waals surface area contributed by atoms with Gasteiger partial charge in [-0.25, -0.2) is 9.78 Å². The van der Waals surface area contributed by atoms with Crippen molar-refractivity contribution in [2.24, 2.45) is 23.2 Å². The van der Waals surface area contributed by atoms with Crippen LogP contribution in [0, 0.1) is 23.2 Å². The molecule has 1 heterocycles. The summed E-state index contributed by atoms with van der Waals surface area (Å²) in [6, 6.07) is 0. The fraction of sp³-hybridized carbons (Fsp3) is 1.00. The quantitative estimate of drug-likeness (QED) is 0.419. The molecule has 0 aromatic carbocycles. The van der Waals surface area contributed by atoms with Crippen LogP contribution in [0.15, 0.2) is 0 Å². The highest BCUT2D eigenvalue weighted by Gasteiger charge is 2.50. The van der Waals surface area contributed by atoms with Crippen LogP contribution in [-0.2, 0) is 14.5 Å². The molecule has 5 rings (SSSR count). The molecule has 0 aromatic rings. The number of hydrogen-bond donors (Lipinski definition) is 0. The molecule has 4 aliphatic carbocycles. The Morgan fingerprint density at radius 3 is 2.24 bits per heavy atom. The minimum atomic E-state index is 0.262. The lowest BCUT2D eigenvalue weighted by Crippen LogP contribution is -2.46. The molecule has 3 heteroatoms. The van der Waals surface area contributed by atoms with Crippen molar-refractivity contribution in [2.45, 2.75) is 70.3 Å². The molecule has 1 unspecified atom stereocenters. The van der Waals surface area contributed by atoms with Crippen molar-refractivity contribution in [3.63, 3.8) is 0 Å². The van der Waals surface area contributed by atoms with Gasteiger partial charge in [0.2, 0.25) is 0 Å². The van der Waals surface area contributed by atoms with Crippen LogP contribution in [0.5, 0.6) is 0 Å². The van der Waals surface area contributed by atoms with Crippen molar-refractivity contribution >= 4 is 0 Å². The summed E-state index contributed by atoms with van der Waals surface area (Å²) in [6.07, 6.45) is 14.0. The predicted molar refractivity (Wildman–Crippen MR) is 80.7 cm³/mol. The predicted octanol–water partition coefficient (Wildman–Crippen LogP) is 4.11. The Morgan fingerprint density at radius 2 is 1.62 bits per heavy atom. The highest BCUT2D eigenvalue weighted by molar-refractivity contribution is 5.01. The first kappa shape index (κ1) is 14.5.